The van der Waals surface area contributed by atoms with Gasteiger partial charge in [-0.15, -0.1) is 0 Å². The minimum atomic E-state index is -2.39. The first-order valence-electron chi connectivity index (χ1n) is 12.8. The fourth-order valence-corrected chi connectivity index (χ4v) is 5.28. The number of methoxy groups -OCH3 is 1. The molecule has 0 aliphatic carbocycles. The van der Waals surface area contributed by atoms with Crippen LogP contribution >= 0.6 is 25.3 Å². The summed E-state index contributed by atoms with van der Waals surface area (Å²) >= 11 is 8.52. The summed E-state index contributed by atoms with van der Waals surface area (Å²) in [6.45, 7) is 5.60. The third-order valence-corrected chi connectivity index (χ3v) is 6.91. The Hall–Kier alpha value is -2.64. The summed E-state index contributed by atoms with van der Waals surface area (Å²) in [5, 5.41) is 0. The van der Waals surface area contributed by atoms with Crippen LogP contribution in [0, 0.1) is 0 Å². The molecule has 9 atom stereocenters. The number of carbonyl (C=O) groups excluding carboxylic acids is 6. The van der Waals surface area contributed by atoms with E-state index in [1.165, 1.54) is 7.11 Å². The van der Waals surface area contributed by atoms with Crippen molar-refractivity contribution in [3.63, 3.8) is 0 Å². The van der Waals surface area contributed by atoms with E-state index in [-0.39, 0.29) is 11.5 Å². The van der Waals surface area contributed by atoms with E-state index in [1.807, 2.05) is 0 Å². The highest BCUT2D eigenvalue weighted by Gasteiger charge is 2.70. The number of hydrogen-bond acceptors (Lipinski definition) is 18. The minimum Gasteiger partial charge on any atom is -0.460 e. The van der Waals surface area contributed by atoms with Gasteiger partial charge in [0.1, 0.15) is 12.7 Å². The summed E-state index contributed by atoms with van der Waals surface area (Å²) in [4.78, 5) is 72.7. The predicted molar refractivity (Wildman–Crippen MR) is 145 cm³/mol. The highest BCUT2D eigenvalue weighted by atomic mass is 32.1. The van der Waals surface area contributed by atoms with Crippen LogP contribution in [-0.4, -0.2) is 116 Å². The fourth-order valence-electron chi connectivity index (χ4n) is 4.61. The molecule has 0 radical (unpaired) electrons. The van der Waals surface area contributed by atoms with Gasteiger partial charge in [0.15, 0.2) is 24.4 Å². The lowest BCUT2D eigenvalue weighted by atomic mass is 9.98. The summed E-state index contributed by atoms with van der Waals surface area (Å²) in [5.74, 6) is -9.85. The van der Waals surface area contributed by atoms with Gasteiger partial charge in [0.25, 0.3) is 0 Å². The van der Waals surface area contributed by atoms with Gasteiger partial charge < -0.3 is 47.4 Å². The zero-order chi connectivity index (χ0) is 32.7. The largest absolute Gasteiger partial charge is 0.460 e. The Morgan fingerprint density at radius 2 is 1.12 bits per heavy atom. The van der Waals surface area contributed by atoms with E-state index < -0.39 is 96.9 Å². The first-order chi connectivity index (χ1) is 20.0. The number of rotatable bonds is 12. The molecule has 9 unspecified atom stereocenters. The number of carbonyl (C=O) groups is 6. The molecule has 0 N–H and O–H groups in total. The Labute approximate surface area is 258 Å². The van der Waals surface area contributed by atoms with Crippen molar-refractivity contribution in [2.75, 3.05) is 25.2 Å². The predicted octanol–water partition coefficient (Wildman–Crippen LogP) is -0.122. The molecule has 16 nitrogen and oxygen atoms in total. The Morgan fingerprint density at radius 3 is 1.53 bits per heavy atom. The van der Waals surface area contributed by atoms with E-state index in [4.69, 9.17) is 47.4 Å². The molecule has 0 aromatic carbocycles. The summed E-state index contributed by atoms with van der Waals surface area (Å²) < 4.78 is 56.3. The molecular weight excluding hydrogens is 620 g/mol. The molecule has 18 heteroatoms. The van der Waals surface area contributed by atoms with E-state index in [2.05, 4.69) is 25.3 Å². The van der Waals surface area contributed by atoms with Gasteiger partial charge in [-0.2, -0.15) is 25.3 Å². The monoisotopic (exact) mass is 656 g/mol. The van der Waals surface area contributed by atoms with Crippen molar-refractivity contribution in [2.45, 2.75) is 96.0 Å². The van der Waals surface area contributed by atoms with Crippen LogP contribution in [-0.2, 0) is 76.1 Å². The van der Waals surface area contributed by atoms with Gasteiger partial charge in [-0.1, -0.05) is 0 Å². The minimum absolute atomic E-state index is 0.137. The first kappa shape index (κ1) is 36.6. The summed E-state index contributed by atoms with van der Waals surface area (Å²) in [6.07, 6.45) is -10.7. The maximum absolute atomic E-state index is 12.3. The van der Waals surface area contributed by atoms with Gasteiger partial charge >= 0.3 is 35.8 Å². The van der Waals surface area contributed by atoms with Crippen molar-refractivity contribution < 1.29 is 76.1 Å². The van der Waals surface area contributed by atoms with E-state index >= 15 is 0 Å². The molecule has 2 saturated heterocycles. The lowest BCUT2D eigenvalue weighted by Crippen LogP contribution is -2.65. The second-order valence-electron chi connectivity index (χ2n) is 9.49. The van der Waals surface area contributed by atoms with Crippen molar-refractivity contribution >= 4 is 61.1 Å². The maximum Gasteiger partial charge on any atom is 0.303 e. The molecule has 2 rings (SSSR count). The average molecular weight is 657 g/mol. The average Bonchev–Trinajstić information content (AvgIpc) is 3.13. The lowest BCUT2D eigenvalue weighted by Gasteiger charge is -2.46. The first-order valence-corrected chi connectivity index (χ1v) is 14.1. The van der Waals surface area contributed by atoms with Gasteiger partial charge in [0.05, 0.1) is 0 Å². The Balaban J connectivity index is 2.78. The van der Waals surface area contributed by atoms with Crippen LogP contribution in [0.2, 0.25) is 0 Å². The van der Waals surface area contributed by atoms with Crippen molar-refractivity contribution in [1.82, 2.24) is 0 Å². The van der Waals surface area contributed by atoms with Crippen LogP contribution < -0.4 is 0 Å². The summed E-state index contributed by atoms with van der Waals surface area (Å²) in [5.41, 5.74) is 0. The molecule has 2 aliphatic heterocycles. The second kappa shape index (κ2) is 15.4. The van der Waals surface area contributed by atoms with Crippen LogP contribution in [0.25, 0.3) is 0 Å². The number of thiol groups is 2. The van der Waals surface area contributed by atoms with Crippen LogP contribution in [0.15, 0.2) is 0 Å². The molecular formula is C25H36O16S2. The molecule has 2 fully saturated rings. The van der Waals surface area contributed by atoms with Gasteiger partial charge in [-0.05, 0) is 0 Å². The van der Waals surface area contributed by atoms with Crippen molar-refractivity contribution in [1.29, 1.82) is 0 Å². The summed E-state index contributed by atoms with van der Waals surface area (Å²) in [6, 6.07) is 0. The van der Waals surface area contributed by atoms with E-state index in [0.29, 0.717) is 0 Å². The van der Waals surface area contributed by atoms with Crippen LogP contribution in [0.5, 0.6) is 0 Å². The maximum atomic E-state index is 12.3. The van der Waals surface area contributed by atoms with Gasteiger partial charge in [-0.25, -0.2) is 0 Å². The lowest BCUT2D eigenvalue weighted by molar-refractivity contribution is -0.399. The quantitative estimate of drug-likeness (QED) is 0.160. The fraction of sp³-hybridized carbons (Fsp3) is 0.760. The molecule has 244 valence electrons. The SMILES string of the molecule is COC1(CS)OC(COC(C)=O)(OC2OC(CS)C(OC(C)=O)C(OC(C)=O)C2OC(C)=O)C(OC(C)=O)C1OC(C)=O. The third kappa shape index (κ3) is 8.95. The highest BCUT2D eigenvalue weighted by Crippen LogP contribution is 2.46. The molecule has 2 aliphatic rings. The summed E-state index contributed by atoms with van der Waals surface area (Å²) in [7, 11) is 1.19. The molecule has 43 heavy (non-hydrogen) atoms. The Bertz CT molecular complexity index is 1060. The van der Waals surface area contributed by atoms with Crippen LogP contribution in [0.1, 0.15) is 41.5 Å². The second-order valence-corrected chi connectivity index (χ2v) is 10.2. The van der Waals surface area contributed by atoms with Crippen molar-refractivity contribution in [3.8, 4) is 0 Å². The molecule has 0 spiro atoms. The van der Waals surface area contributed by atoms with Crippen LogP contribution in [0.3, 0.4) is 0 Å². The molecule has 0 saturated carbocycles. The third-order valence-electron chi connectivity index (χ3n) is 6.11. The molecule has 0 bridgehead atoms. The molecule has 0 amide bonds. The Kier molecular flexibility index (Phi) is 13.1. The van der Waals surface area contributed by atoms with Gasteiger partial charge in [0.2, 0.25) is 24.0 Å². The molecule has 2 heterocycles. The number of hydrogen-bond donors (Lipinski definition) is 2. The number of ether oxygens (including phenoxy) is 10. The van der Waals surface area contributed by atoms with E-state index in [1.54, 1.807) is 0 Å². The highest BCUT2D eigenvalue weighted by molar-refractivity contribution is 7.80. The van der Waals surface area contributed by atoms with Gasteiger partial charge in [0, 0.05) is 60.2 Å². The molecule has 0 aromatic heterocycles. The standard InChI is InChI=1S/C25H36O16S2/c1-11(26)33-9-24(21(37-15(5)30)22(38-16(6)31)25(10-43,32-7)41-24)40-23-20(36-14(4)29)19(35-13(3)28)18(34-12(2)27)17(8-42)39-23/h17-23,42-43H,8-10H2,1-7H3. The van der Waals surface area contributed by atoms with Crippen molar-refractivity contribution in [2.24, 2.45) is 0 Å². The van der Waals surface area contributed by atoms with Crippen LogP contribution in [0.4, 0.5) is 0 Å². The molecule has 0 aromatic rings. The van der Waals surface area contributed by atoms with Gasteiger partial charge in [-0.3, -0.25) is 28.8 Å². The zero-order valence-electron chi connectivity index (χ0n) is 24.6. The smallest absolute Gasteiger partial charge is 0.303 e. The van der Waals surface area contributed by atoms with E-state index in [0.717, 1.165) is 41.5 Å². The van der Waals surface area contributed by atoms with Crippen molar-refractivity contribution in [3.05, 3.63) is 0 Å². The number of esters is 6. The topological polar surface area (TPSA) is 195 Å². The normalized spacial score (nSPS) is 33.6. The Morgan fingerprint density at radius 1 is 0.651 bits per heavy atom. The van der Waals surface area contributed by atoms with E-state index in [9.17, 15) is 28.8 Å². The zero-order valence-corrected chi connectivity index (χ0v) is 26.4.